The largest absolute Gasteiger partial charge is 0.313 e. The van der Waals surface area contributed by atoms with E-state index in [1.807, 2.05) is 0 Å². The van der Waals surface area contributed by atoms with Crippen molar-refractivity contribution < 1.29 is 0 Å². The number of nitrogens with one attached hydrogen (secondary N) is 1. The second-order valence-electron chi connectivity index (χ2n) is 6.18. The van der Waals surface area contributed by atoms with Gasteiger partial charge in [-0.05, 0) is 68.7 Å². The quantitative estimate of drug-likeness (QED) is 0.798. The first kappa shape index (κ1) is 14.6. The van der Waals surface area contributed by atoms with Gasteiger partial charge in [-0.25, -0.2) is 0 Å². The molecule has 1 heteroatoms. The van der Waals surface area contributed by atoms with Crippen LogP contribution >= 0.6 is 0 Å². The maximum atomic E-state index is 3.81. The van der Waals surface area contributed by atoms with E-state index < -0.39 is 0 Å². The van der Waals surface area contributed by atoms with Crippen molar-refractivity contribution >= 4 is 0 Å². The highest BCUT2D eigenvalue weighted by Crippen LogP contribution is 2.30. The zero-order valence-corrected chi connectivity index (χ0v) is 12.8. The van der Waals surface area contributed by atoms with E-state index in [1.165, 1.54) is 49.7 Å². The molecule has 0 saturated heterocycles. The average molecular weight is 259 g/mol. The van der Waals surface area contributed by atoms with Crippen LogP contribution in [-0.4, -0.2) is 12.6 Å². The molecule has 0 amide bonds. The highest BCUT2D eigenvalue weighted by atomic mass is 14.9. The Morgan fingerprint density at radius 1 is 1.16 bits per heavy atom. The number of hydrogen-bond acceptors (Lipinski definition) is 1. The molecular formula is C18H29N. The summed E-state index contributed by atoms with van der Waals surface area (Å²) < 4.78 is 0. The van der Waals surface area contributed by atoms with Crippen molar-refractivity contribution in [3.63, 3.8) is 0 Å². The van der Waals surface area contributed by atoms with Crippen LogP contribution in [0.25, 0.3) is 0 Å². The van der Waals surface area contributed by atoms with Gasteiger partial charge in [-0.2, -0.15) is 0 Å². The number of benzene rings is 1. The fraction of sp³-hybridized carbons (Fsp3) is 0.667. The summed E-state index contributed by atoms with van der Waals surface area (Å²) in [4.78, 5) is 0. The van der Waals surface area contributed by atoms with Crippen LogP contribution in [-0.2, 0) is 6.42 Å². The van der Waals surface area contributed by atoms with Gasteiger partial charge in [-0.1, -0.05) is 38.0 Å². The summed E-state index contributed by atoms with van der Waals surface area (Å²) in [6.07, 6.45) is 8.15. The Hall–Kier alpha value is -0.820. The molecule has 1 unspecified atom stereocenters. The zero-order chi connectivity index (χ0) is 13.7. The van der Waals surface area contributed by atoms with Crippen LogP contribution in [0.5, 0.6) is 0 Å². The minimum absolute atomic E-state index is 0.683. The Morgan fingerprint density at radius 2 is 1.79 bits per heavy atom. The van der Waals surface area contributed by atoms with Gasteiger partial charge < -0.3 is 5.32 Å². The highest BCUT2D eigenvalue weighted by Gasteiger charge is 2.25. The van der Waals surface area contributed by atoms with Gasteiger partial charge in [0, 0.05) is 6.04 Å². The predicted molar refractivity (Wildman–Crippen MR) is 83.7 cm³/mol. The summed E-state index contributed by atoms with van der Waals surface area (Å²) in [6, 6.07) is 7.38. The third-order valence-corrected chi connectivity index (χ3v) is 4.69. The molecule has 0 heterocycles. The molecule has 0 radical (unpaired) electrons. The molecule has 0 spiro atoms. The Kier molecular flexibility index (Phi) is 5.45. The Morgan fingerprint density at radius 3 is 2.37 bits per heavy atom. The first-order chi connectivity index (χ1) is 9.22. The molecule has 0 aromatic heterocycles. The normalized spacial score (nSPS) is 17.8. The van der Waals surface area contributed by atoms with Crippen LogP contribution in [0, 0.1) is 19.8 Å². The topological polar surface area (TPSA) is 12.0 Å². The van der Waals surface area contributed by atoms with E-state index in [2.05, 4.69) is 44.3 Å². The van der Waals surface area contributed by atoms with Crippen LogP contribution in [0.15, 0.2) is 18.2 Å². The molecule has 1 N–H and O–H groups in total. The zero-order valence-electron chi connectivity index (χ0n) is 12.8. The minimum atomic E-state index is 0.683. The number of rotatable bonds is 6. The summed E-state index contributed by atoms with van der Waals surface area (Å²) in [7, 11) is 0. The number of hydrogen-bond donors (Lipinski definition) is 1. The van der Waals surface area contributed by atoms with Crippen LogP contribution < -0.4 is 5.32 Å². The van der Waals surface area contributed by atoms with Crippen molar-refractivity contribution in [3.8, 4) is 0 Å². The highest BCUT2D eigenvalue weighted by molar-refractivity contribution is 5.34. The lowest BCUT2D eigenvalue weighted by atomic mass is 9.88. The van der Waals surface area contributed by atoms with E-state index in [4.69, 9.17) is 0 Å². The molecule has 2 rings (SSSR count). The maximum absolute atomic E-state index is 3.81. The molecule has 0 aliphatic heterocycles. The van der Waals surface area contributed by atoms with E-state index in [-0.39, 0.29) is 0 Å². The van der Waals surface area contributed by atoms with Crippen molar-refractivity contribution in [2.45, 2.75) is 65.3 Å². The van der Waals surface area contributed by atoms with Gasteiger partial charge >= 0.3 is 0 Å². The van der Waals surface area contributed by atoms with Crippen molar-refractivity contribution in [2.75, 3.05) is 6.54 Å². The molecule has 1 aromatic rings. The van der Waals surface area contributed by atoms with E-state index in [0.29, 0.717) is 6.04 Å². The summed E-state index contributed by atoms with van der Waals surface area (Å²) in [5.74, 6) is 0.894. The van der Waals surface area contributed by atoms with E-state index in [9.17, 15) is 0 Å². The minimum Gasteiger partial charge on any atom is -0.313 e. The van der Waals surface area contributed by atoms with Gasteiger partial charge in [0.15, 0.2) is 0 Å². The molecule has 1 atom stereocenters. The second kappa shape index (κ2) is 7.09. The lowest BCUT2D eigenvalue weighted by molar-refractivity contribution is 0.356. The lowest BCUT2D eigenvalue weighted by Crippen LogP contribution is -2.37. The lowest BCUT2D eigenvalue weighted by Gasteiger charge is -2.26. The number of aryl methyl sites for hydroxylation is 2. The van der Waals surface area contributed by atoms with Gasteiger partial charge in [-0.15, -0.1) is 0 Å². The van der Waals surface area contributed by atoms with Gasteiger partial charge in [0.2, 0.25) is 0 Å². The van der Waals surface area contributed by atoms with Crippen molar-refractivity contribution in [2.24, 2.45) is 5.92 Å². The van der Waals surface area contributed by atoms with Crippen molar-refractivity contribution in [1.29, 1.82) is 0 Å². The first-order valence-corrected chi connectivity index (χ1v) is 8.00. The van der Waals surface area contributed by atoms with Gasteiger partial charge in [0.05, 0.1) is 0 Å². The Bertz CT molecular complexity index is 370. The smallest absolute Gasteiger partial charge is 0.0136 e. The summed E-state index contributed by atoms with van der Waals surface area (Å²) in [5.41, 5.74) is 4.49. The van der Waals surface area contributed by atoms with Gasteiger partial charge in [-0.3, -0.25) is 0 Å². The molecule has 1 aromatic carbocycles. The predicted octanol–water partition coefficient (Wildman–Crippen LogP) is 4.40. The van der Waals surface area contributed by atoms with E-state index >= 15 is 0 Å². The molecule has 1 aliphatic carbocycles. The fourth-order valence-electron chi connectivity index (χ4n) is 3.49. The van der Waals surface area contributed by atoms with E-state index in [1.54, 1.807) is 5.56 Å². The molecule has 106 valence electrons. The monoisotopic (exact) mass is 259 g/mol. The second-order valence-corrected chi connectivity index (χ2v) is 6.18. The molecule has 1 saturated carbocycles. The third-order valence-electron chi connectivity index (χ3n) is 4.69. The van der Waals surface area contributed by atoms with Crippen molar-refractivity contribution in [3.05, 3.63) is 34.9 Å². The van der Waals surface area contributed by atoms with Crippen LogP contribution in [0.4, 0.5) is 0 Å². The van der Waals surface area contributed by atoms with Crippen LogP contribution in [0.2, 0.25) is 0 Å². The van der Waals surface area contributed by atoms with E-state index in [0.717, 1.165) is 12.5 Å². The van der Waals surface area contributed by atoms with Crippen molar-refractivity contribution in [1.82, 2.24) is 5.32 Å². The molecule has 0 bridgehead atoms. The Balaban J connectivity index is 2.10. The molecule has 1 nitrogen and oxygen atoms in total. The molecule has 1 fully saturated rings. The average Bonchev–Trinajstić information content (AvgIpc) is 2.91. The summed E-state index contributed by atoms with van der Waals surface area (Å²) >= 11 is 0. The molecule has 1 aliphatic rings. The summed E-state index contributed by atoms with van der Waals surface area (Å²) in [6.45, 7) is 7.94. The molecular weight excluding hydrogens is 230 g/mol. The SMILES string of the molecule is CCCNC(Cc1c(C)cccc1C)C1CCCC1. The van der Waals surface area contributed by atoms with Gasteiger partial charge in [0.25, 0.3) is 0 Å². The fourth-order valence-corrected chi connectivity index (χ4v) is 3.49. The molecule has 19 heavy (non-hydrogen) atoms. The Labute approximate surface area is 118 Å². The first-order valence-electron chi connectivity index (χ1n) is 8.00. The summed E-state index contributed by atoms with van der Waals surface area (Å²) in [5, 5.41) is 3.81. The van der Waals surface area contributed by atoms with Crippen LogP contribution in [0.3, 0.4) is 0 Å². The maximum Gasteiger partial charge on any atom is 0.0136 e. The standard InChI is InChI=1S/C18H29N/c1-4-12-19-18(16-10-5-6-11-16)13-17-14(2)8-7-9-15(17)3/h7-9,16,18-19H,4-6,10-13H2,1-3H3. The van der Waals surface area contributed by atoms with Crippen LogP contribution in [0.1, 0.15) is 55.7 Å². The van der Waals surface area contributed by atoms with Gasteiger partial charge in [0.1, 0.15) is 0 Å². The third kappa shape index (κ3) is 3.82.